The van der Waals surface area contributed by atoms with Gasteiger partial charge in [-0.3, -0.25) is 24.3 Å². The molecule has 0 radical (unpaired) electrons. The molecule has 1 aliphatic heterocycles. The number of nitrogens with zero attached hydrogens (tertiary/aromatic N) is 3. The molecular formula is C26H52N4O6. The predicted octanol–water partition coefficient (Wildman–Crippen LogP) is 1.31. The van der Waals surface area contributed by atoms with E-state index in [0.29, 0.717) is 45.8 Å². The van der Waals surface area contributed by atoms with Gasteiger partial charge >= 0.3 is 11.9 Å². The minimum atomic E-state index is -0.901. The molecule has 1 heterocycles. The van der Waals surface area contributed by atoms with Gasteiger partial charge in [0.25, 0.3) is 0 Å². The molecule has 1 rings (SSSR count). The molecule has 10 nitrogen and oxygen atoms in total. The zero-order valence-electron chi connectivity index (χ0n) is 24.2. The molecule has 1 fully saturated rings. The van der Waals surface area contributed by atoms with Crippen LogP contribution in [-0.4, -0.2) is 127 Å². The Morgan fingerprint density at radius 3 is 1.50 bits per heavy atom. The molecule has 0 saturated carbocycles. The fourth-order valence-corrected chi connectivity index (χ4v) is 3.78. The van der Waals surface area contributed by atoms with E-state index in [-0.39, 0.29) is 25.0 Å². The highest BCUT2D eigenvalue weighted by Gasteiger charge is 2.24. The van der Waals surface area contributed by atoms with Crippen LogP contribution in [-0.2, 0) is 23.8 Å². The molecule has 0 bridgehead atoms. The molecule has 36 heavy (non-hydrogen) atoms. The average molecular weight is 517 g/mol. The van der Waals surface area contributed by atoms with E-state index in [0.717, 1.165) is 13.1 Å². The van der Waals surface area contributed by atoms with Crippen LogP contribution in [0.15, 0.2) is 0 Å². The summed E-state index contributed by atoms with van der Waals surface area (Å²) in [6.07, 6.45) is -0.901. The van der Waals surface area contributed by atoms with Gasteiger partial charge in [0.05, 0.1) is 18.7 Å². The van der Waals surface area contributed by atoms with Gasteiger partial charge in [0.15, 0.2) is 6.29 Å². The first-order valence-electron chi connectivity index (χ1n) is 13.1. The Bertz CT molecular complexity index is 669. The van der Waals surface area contributed by atoms with Crippen LogP contribution < -0.4 is 5.32 Å². The molecule has 0 aromatic heterocycles. The minimum Gasteiger partial charge on any atom is -0.459 e. The average Bonchev–Trinajstić information content (AvgIpc) is 2.63. The normalized spacial score (nSPS) is 19.7. The Morgan fingerprint density at radius 1 is 0.694 bits per heavy atom. The maximum atomic E-state index is 12.6. The van der Waals surface area contributed by atoms with Crippen LogP contribution in [0.5, 0.6) is 0 Å². The fraction of sp³-hybridized carbons (Fsp3) is 0.923. The highest BCUT2D eigenvalue weighted by molar-refractivity contribution is 5.72. The van der Waals surface area contributed by atoms with Crippen molar-refractivity contribution in [2.24, 2.45) is 0 Å². The van der Waals surface area contributed by atoms with Crippen LogP contribution >= 0.6 is 0 Å². The van der Waals surface area contributed by atoms with Gasteiger partial charge in [0.2, 0.25) is 0 Å². The second-order valence-corrected chi connectivity index (χ2v) is 12.5. The maximum Gasteiger partial charge on any atom is 0.320 e. The maximum absolute atomic E-state index is 12.6. The summed E-state index contributed by atoms with van der Waals surface area (Å²) < 4.78 is 16.8. The van der Waals surface area contributed by atoms with E-state index in [4.69, 9.17) is 14.2 Å². The molecule has 0 aromatic rings. The summed E-state index contributed by atoms with van der Waals surface area (Å²) in [5.41, 5.74) is -1.53. The van der Waals surface area contributed by atoms with E-state index in [2.05, 4.69) is 20.0 Å². The second kappa shape index (κ2) is 14.6. The van der Waals surface area contributed by atoms with Gasteiger partial charge < -0.3 is 24.6 Å². The van der Waals surface area contributed by atoms with E-state index < -0.39 is 23.1 Å². The van der Waals surface area contributed by atoms with Crippen molar-refractivity contribution in [1.82, 2.24) is 20.0 Å². The fourth-order valence-electron chi connectivity index (χ4n) is 3.78. The zero-order valence-corrected chi connectivity index (χ0v) is 24.2. The number of rotatable bonds is 7. The van der Waals surface area contributed by atoms with Gasteiger partial charge in [-0.05, 0) is 62.3 Å². The smallest absolute Gasteiger partial charge is 0.320 e. The van der Waals surface area contributed by atoms with E-state index in [1.807, 2.05) is 62.3 Å². The number of carbonyl (C=O) groups is 2. The van der Waals surface area contributed by atoms with Crippen LogP contribution in [0.1, 0.15) is 62.3 Å². The number of β-amino-alcohol motifs (C(OH)–C–C–N with tert-alkyl or cyclic N) is 1. The largest absolute Gasteiger partial charge is 0.459 e. The Labute approximate surface area is 218 Å². The van der Waals surface area contributed by atoms with E-state index >= 15 is 0 Å². The number of hydrogen-bond donors (Lipinski definition) is 2. The molecule has 0 spiro atoms. The van der Waals surface area contributed by atoms with Crippen molar-refractivity contribution < 1.29 is 28.9 Å². The van der Waals surface area contributed by atoms with E-state index in [1.54, 1.807) is 0 Å². The van der Waals surface area contributed by atoms with Gasteiger partial charge in [-0.25, -0.2) is 0 Å². The number of ether oxygens (including phenoxy) is 3. The molecule has 1 unspecified atom stereocenters. The molecule has 10 heteroatoms. The van der Waals surface area contributed by atoms with Crippen LogP contribution in [0.3, 0.4) is 0 Å². The summed E-state index contributed by atoms with van der Waals surface area (Å²) in [5.74, 6) is -0.537. The Balaban J connectivity index is 2.88. The number of nitrogens with one attached hydrogen (secondary N) is 1. The van der Waals surface area contributed by atoms with Crippen LogP contribution in [0.25, 0.3) is 0 Å². The number of aliphatic hydroxyl groups is 1. The lowest BCUT2D eigenvalue weighted by Crippen LogP contribution is -2.49. The van der Waals surface area contributed by atoms with Crippen LogP contribution in [0, 0.1) is 0 Å². The summed E-state index contributed by atoms with van der Waals surface area (Å²) in [6, 6.07) is 0. The van der Waals surface area contributed by atoms with Crippen molar-refractivity contribution in [3.63, 3.8) is 0 Å². The third-order valence-electron chi connectivity index (χ3n) is 5.12. The van der Waals surface area contributed by atoms with Crippen molar-refractivity contribution in [2.45, 2.75) is 85.4 Å². The zero-order chi connectivity index (χ0) is 27.6. The number of esters is 2. The van der Waals surface area contributed by atoms with Crippen molar-refractivity contribution in [1.29, 1.82) is 0 Å². The lowest BCUT2D eigenvalue weighted by atomic mass is 10.2. The van der Waals surface area contributed by atoms with Crippen LogP contribution in [0.2, 0.25) is 0 Å². The third kappa shape index (κ3) is 17.2. The quantitative estimate of drug-likeness (QED) is 0.380. The Kier molecular flexibility index (Phi) is 13.3. The van der Waals surface area contributed by atoms with Gasteiger partial charge in [0, 0.05) is 58.9 Å². The molecule has 1 saturated heterocycles. The molecule has 1 atom stereocenters. The monoisotopic (exact) mass is 516 g/mol. The topological polar surface area (TPSA) is 104 Å². The molecule has 0 aromatic carbocycles. The number of aliphatic hydroxyl groups excluding tert-OH is 1. The van der Waals surface area contributed by atoms with Crippen molar-refractivity contribution in [2.75, 3.05) is 72.0 Å². The molecule has 212 valence electrons. The van der Waals surface area contributed by atoms with Crippen molar-refractivity contribution in [3.05, 3.63) is 0 Å². The minimum absolute atomic E-state index is 0.157. The summed E-state index contributed by atoms with van der Waals surface area (Å²) in [7, 11) is 0. The summed E-state index contributed by atoms with van der Waals surface area (Å²) in [4.78, 5) is 31.3. The number of carbonyl (C=O) groups excluding carboxylic acids is 2. The standard InChI is InChI=1S/C26H52N4O6/c1-24(2,3)34-21(31)18-28-12-10-27-11-13-29(19-22(32)35-25(4,5)6)15-17-30(16-14-28)20-23(33)36-26(7,8)9/h21,27,31H,10-20H2,1-9H3. The Morgan fingerprint density at radius 2 is 1.08 bits per heavy atom. The van der Waals surface area contributed by atoms with Crippen LogP contribution in [0.4, 0.5) is 0 Å². The summed E-state index contributed by atoms with van der Waals surface area (Å²) in [5, 5.41) is 13.9. The van der Waals surface area contributed by atoms with E-state index in [9.17, 15) is 14.7 Å². The SMILES string of the molecule is CC(C)(C)OC(=O)CN1CCNCCN(CC(O)OC(C)(C)C)CCN(CC(=O)OC(C)(C)C)CC1. The first-order valence-corrected chi connectivity index (χ1v) is 13.1. The van der Waals surface area contributed by atoms with Crippen molar-refractivity contribution in [3.8, 4) is 0 Å². The Hall–Kier alpha value is -1.30. The predicted molar refractivity (Wildman–Crippen MR) is 141 cm³/mol. The van der Waals surface area contributed by atoms with Gasteiger partial charge in [-0.1, -0.05) is 0 Å². The molecule has 1 aliphatic rings. The first kappa shape index (κ1) is 32.7. The third-order valence-corrected chi connectivity index (χ3v) is 5.12. The van der Waals surface area contributed by atoms with Gasteiger partial charge in [-0.2, -0.15) is 0 Å². The second-order valence-electron chi connectivity index (χ2n) is 12.5. The lowest BCUT2D eigenvalue weighted by Gasteiger charge is -2.33. The molecular weight excluding hydrogens is 464 g/mol. The first-order chi connectivity index (χ1) is 16.4. The van der Waals surface area contributed by atoms with Gasteiger partial charge in [-0.15, -0.1) is 0 Å². The van der Waals surface area contributed by atoms with Gasteiger partial charge in [0.1, 0.15) is 11.2 Å². The highest BCUT2D eigenvalue weighted by Crippen LogP contribution is 2.12. The lowest BCUT2D eigenvalue weighted by molar-refractivity contribution is -0.174. The number of hydrogen-bond acceptors (Lipinski definition) is 10. The summed E-state index contributed by atoms with van der Waals surface area (Å²) in [6.45, 7) is 22.9. The van der Waals surface area contributed by atoms with E-state index in [1.165, 1.54) is 0 Å². The summed E-state index contributed by atoms with van der Waals surface area (Å²) >= 11 is 0. The van der Waals surface area contributed by atoms with Crippen molar-refractivity contribution >= 4 is 11.9 Å². The molecule has 0 amide bonds. The molecule has 0 aliphatic carbocycles. The molecule has 2 N–H and O–H groups in total. The highest BCUT2D eigenvalue weighted by atomic mass is 16.6.